The zero-order chi connectivity index (χ0) is 7.84. The second-order valence-corrected chi connectivity index (χ2v) is 2.70. The highest BCUT2D eigenvalue weighted by molar-refractivity contribution is 5.42. The molecule has 0 radical (unpaired) electrons. The van der Waals surface area contributed by atoms with Crippen molar-refractivity contribution < 1.29 is 10.2 Å². The summed E-state index contributed by atoms with van der Waals surface area (Å²) in [6.45, 7) is 0.915. The van der Waals surface area contributed by atoms with Crippen molar-refractivity contribution in [2.24, 2.45) is 0 Å². The van der Waals surface area contributed by atoms with Crippen molar-refractivity contribution in [3.05, 3.63) is 23.8 Å². The van der Waals surface area contributed by atoms with Crippen molar-refractivity contribution in [2.75, 3.05) is 6.54 Å². The van der Waals surface area contributed by atoms with E-state index in [1.54, 1.807) is 12.1 Å². The van der Waals surface area contributed by atoms with Crippen LogP contribution in [0, 0.1) is 0 Å². The SMILES string of the molecule is Oc1ccc([C@H]2CN2)c(O)c1. The van der Waals surface area contributed by atoms with Crippen LogP contribution in [-0.2, 0) is 0 Å². The van der Waals surface area contributed by atoms with Gasteiger partial charge in [0.15, 0.2) is 0 Å². The largest absolute Gasteiger partial charge is 0.508 e. The third-order valence-electron chi connectivity index (χ3n) is 1.80. The van der Waals surface area contributed by atoms with Gasteiger partial charge in [0, 0.05) is 24.2 Å². The molecule has 1 saturated heterocycles. The molecule has 1 atom stereocenters. The van der Waals surface area contributed by atoms with Gasteiger partial charge in [0.25, 0.3) is 0 Å². The molecule has 1 heterocycles. The Morgan fingerprint density at radius 3 is 2.64 bits per heavy atom. The molecule has 0 saturated carbocycles. The molecule has 1 aliphatic heterocycles. The molecule has 1 aromatic carbocycles. The lowest BCUT2D eigenvalue weighted by Crippen LogP contribution is -1.83. The summed E-state index contributed by atoms with van der Waals surface area (Å²) in [6.07, 6.45) is 0. The number of phenols is 2. The molecule has 0 spiro atoms. The van der Waals surface area contributed by atoms with Gasteiger partial charge in [-0.25, -0.2) is 0 Å². The molecule has 0 bridgehead atoms. The first-order valence-corrected chi connectivity index (χ1v) is 3.52. The molecule has 1 aromatic rings. The standard InChI is InChI=1S/C8H9NO2/c10-5-1-2-6(7-4-9-7)8(11)3-5/h1-3,7,9-11H,4H2/t7-/m1/s1. The lowest BCUT2D eigenvalue weighted by atomic mass is 10.1. The summed E-state index contributed by atoms with van der Waals surface area (Å²) in [5.41, 5.74) is 0.864. The quantitative estimate of drug-likeness (QED) is 0.519. The molecule has 3 heteroatoms. The van der Waals surface area contributed by atoms with Crippen molar-refractivity contribution >= 4 is 0 Å². The lowest BCUT2D eigenvalue weighted by molar-refractivity contribution is 0.446. The Balaban J connectivity index is 2.39. The van der Waals surface area contributed by atoms with Crippen LogP contribution in [0.1, 0.15) is 11.6 Å². The van der Waals surface area contributed by atoms with Crippen LogP contribution in [-0.4, -0.2) is 16.8 Å². The predicted octanol–water partition coefficient (Wildman–Crippen LogP) is 0.742. The van der Waals surface area contributed by atoms with Gasteiger partial charge in [0.2, 0.25) is 0 Å². The Bertz CT molecular complexity index is 281. The highest BCUT2D eigenvalue weighted by atomic mass is 16.3. The van der Waals surface area contributed by atoms with E-state index >= 15 is 0 Å². The number of nitrogens with one attached hydrogen (secondary N) is 1. The first kappa shape index (κ1) is 6.49. The maximum absolute atomic E-state index is 9.30. The predicted molar refractivity (Wildman–Crippen MR) is 40.5 cm³/mol. The zero-order valence-corrected chi connectivity index (χ0v) is 5.91. The number of benzene rings is 1. The van der Waals surface area contributed by atoms with E-state index in [9.17, 15) is 5.11 Å². The minimum atomic E-state index is 0.104. The third-order valence-corrected chi connectivity index (χ3v) is 1.80. The van der Waals surface area contributed by atoms with E-state index in [1.165, 1.54) is 6.07 Å². The van der Waals surface area contributed by atoms with Gasteiger partial charge in [-0.2, -0.15) is 0 Å². The van der Waals surface area contributed by atoms with Gasteiger partial charge in [-0.1, -0.05) is 6.07 Å². The molecule has 3 N–H and O–H groups in total. The first-order chi connectivity index (χ1) is 5.27. The van der Waals surface area contributed by atoms with E-state index < -0.39 is 0 Å². The zero-order valence-electron chi connectivity index (χ0n) is 5.91. The molecular weight excluding hydrogens is 142 g/mol. The number of phenolic OH excluding ortho intramolecular Hbond substituents is 2. The Hall–Kier alpha value is -1.22. The molecule has 0 aliphatic carbocycles. The fraction of sp³-hybridized carbons (Fsp3) is 0.250. The minimum absolute atomic E-state index is 0.104. The van der Waals surface area contributed by atoms with Crippen LogP contribution in [0.3, 0.4) is 0 Å². The Labute approximate surface area is 64.3 Å². The Morgan fingerprint density at radius 1 is 1.36 bits per heavy atom. The minimum Gasteiger partial charge on any atom is -0.508 e. The second-order valence-electron chi connectivity index (χ2n) is 2.70. The number of aromatic hydroxyl groups is 2. The van der Waals surface area contributed by atoms with Crippen LogP contribution in [0.15, 0.2) is 18.2 Å². The summed E-state index contributed by atoms with van der Waals surface area (Å²) in [5, 5.41) is 21.3. The third kappa shape index (κ3) is 1.14. The first-order valence-electron chi connectivity index (χ1n) is 3.52. The maximum Gasteiger partial charge on any atom is 0.124 e. The fourth-order valence-corrected chi connectivity index (χ4v) is 1.11. The molecule has 0 amide bonds. The molecule has 1 fully saturated rings. The topological polar surface area (TPSA) is 62.4 Å². The van der Waals surface area contributed by atoms with Crippen LogP contribution in [0.25, 0.3) is 0 Å². The summed E-state index contributed by atoms with van der Waals surface area (Å²) >= 11 is 0. The monoisotopic (exact) mass is 151 g/mol. The van der Waals surface area contributed by atoms with Crippen LogP contribution >= 0.6 is 0 Å². The summed E-state index contributed by atoms with van der Waals surface area (Å²) in [6, 6.07) is 4.95. The van der Waals surface area contributed by atoms with Crippen LogP contribution in [0.5, 0.6) is 11.5 Å². The number of rotatable bonds is 1. The Kier molecular flexibility index (Phi) is 1.26. The molecular formula is C8H9NO2. The summed E-state index contributed by atoms with van der Waals surface area (Å²) in [5.74, 6) is 0.270. The van der Waals surface area contributed by atoms with Gasteiger partial charge in [0.05, 0.1) is 0 Å². The highest BCUT2D eigenvalue weighted by Gasteiger charge is 2.24. The van der Waals surface area contributed by atoms with Crippen LogP contribution in [0.2, 0.25) is 0 Å². The van der Waals surface area contributed by atoms with E-state index in [-0.39, 0.29) is 17.5 Å². The summed E-state index contributed by atoms with van der Waals surface area (Å²) in [7, 11) is 0. The van der Waals surface area contributed by atoms with Crippen LogP contribution < -0.4 is 5.32 Å². The lowest BCUT2D eigenvalue weighted by Gasteiger charge is -2.00. The van der Waals surface area contributed by atoms with Gasteiger partial charge in [-0.3, -0.25) is 0 Å². The molecule has 58 valence electrons. The highest BCUT2D eigenvalue weighted by Crippen LogP contribution is 2.31. The van der Waals surface area contributed by atoms with Gasteiger partial charge >= 0.3 is 0 Å². The number of hydrogen-bond acceptors (Lipinski definition) is 3. The smallest absolute Gasteiger partial charge is 0.124 e. The van der Waals surface area contributed by atoms with Crippen molar-refractivity contribution in [3.8, 4) is 11.5 Å². The average Bonchev–Trinajstić information content (AvgIpc) is 2.70. The molecule has 2 rings (SSSR count). The maximum atomic E-state index is 9.30. The molecule has 0 aromatic heterocycles. The average molecular weight is 151 g/mol. The summed E-state index contributed by atoms with van der Waals surface area (Å²) < 4.78 is 0. The molecule has 3 nitrogen and oxygen atoms in total. The fourth-order valence-electron chi connectivity index (χ4n) is 1.11. The van der Waals surface area contributed by atoms with Crippen molar-refractivity contribution in [3.63, 3.8) is 0 Å². The molecule has 0 unspecified atom stereocenters. The van der Waals surface area contributed by atoms with Crippen LogP contribution in [0.4, 0.5) is 0 Å². The van der Waals surface area contributed by atoms with E-state index in [1.807, 2.05) is 0 Å². The molecule has 1 aliphatic rings. The van der Waals surface area contributed by atoms with E-state index in [2.05, 4.69) is 5.32 Å². The number of hydrogen-bond donors (Lipinski definition) is 3. The van der Waals surface area contributed by atoms with E-state index in [0.717, 1.165) is 12.1 Å². The van der Waals surface area contributed by atoms with E-state index in [4.69, 9.17) is 5.11 Å². The second kappa shape index (κ2) is 2.13. The van der Waals surface area contributed by atoms with E-state index in [0.29, 0.717) is 0 Å². The molecule has 11 heavy (non-hydrogen) atoms. The van der Waals surface area contributed by atoms with Gasteiger partial charge in [-0.15, -0.1) is 0 Å². The van der Waals surface area contributed by atoms with Crippen molar-refractivity contribution in [1.29, 1.82) is 0 Å². The normalized spacial score (nSPS) is 21.6. The van der Waals surface area contributed by atoms with Gasteiger partial charge in [-0.05, 0) is 6.07 Å². The summed E-state index contributed by atoms with van der Waals surface area (Å²) in [4.78, 5) is 0. The Morgan fingerprint density at radius 2 is 2.09 bits per heavy atom. The van der Waals surface area contributed by atoms with Gasteiger partial charge in [0.1, 0.15) is 11.5 Å². The van der Waals surface area contributed by atoms with Gasteiger partial charge < -0.3 is 15.5 Å². The van der Waals surface area contributed by atoms with Crippen molar-refractivity contribution in [2.45, 2.75) is 6.04 Å². The van der Waals surface area contributed by atoms with Crippen molar-refractivity contribution in [1.82, 2.24) is 5.32 Å².